The van der Waals surface area contributed by atoms with Crippen LogP contribution in [-0.2, 0) is 0 Å². The van der Waals surface area contributed by atoms with E-state index in [4.69, 9.17) is 4.99 Å². The van der Waals surface area contributed by atoms with Crippen LogP contribution in [0.2, 0.25) is 0 Å². The summed E-state index contributed by atoms with van der Waals surface area (Å²) in [7, 11) is 0. The fourth-order valence-corrected chi connectivity index (χ4v) is 3.58. The van der Waals surface area contributed by atoms with E-state index in [0.717, 1.165) is 5.69 Å². The number of aliphatic imine (C=N–C) groups is 1. The second-order valence-electron chi connectivity index (χ2n) is 7.26. The molecule has 2 aromatic carbocycles. The molecule has 0 radical (unpaired) electrons. The third kappa shape index (κ3) is 3.38. The van der Waals surface area contributed by atoms with Gasteiger partial charge in [-0.15, -0.1) is 0 Å². The predicted octanol–water partition coefficient (Wildman–Crippen LogP) is 6.64. The largest absolute Gasteiger partial charge is 0.334 e. The van der Waals surface area contributed by atoms with Gasteiger partial charge >= 0.3 is 0 Å². The Hall–Kier alpha value is -2.09. The van der Waals surface area contributed by atoms with E-state index in [1.807, 2.05) is 6.21 Å². The zero-order chi connectivity index (χ0) is 17.0. The molecule has 2 aromatic rings. The SMILES string of the molecule is CCCCCCC(C)(C)N1c2ccccc2C=Nc2ccccc21. The number of fused-ring (bicyclic) bond motifs is 2. The molecule has 0 unspecified atom stereocenters. The van der Waals surface area contributed by atoms with E-state index in [0.29, 0.717) is 0 Å². The van der Waals surface area contributed by atoms with E-state index < -0.39 is 0 Å². The minimum absolute atomic E-state index is 0.0493. The molecule has 1 aliphatic rings. The minimum Gasteiger partial charge on any atom is -0.334 e. The van der Waals surface area contributed by atoms with E-state index in [1.54, 1.807) is 0 Å². The maximum Gasteiger partial charge on any atom is 0.0866 e. The molecule has 24 heavy (non-hydrogen) atoms. The summed E-state index contributed by atoms with van der Waals surface area (Å²) in [5.41, 5.74) is 4.75. The van der Waals surface area contributed by atoms with Crippen LogP contribution in [0.15, 0.2) is 53.5 Å². The molecule has 126 valence electrons. The van der Waals surface area contributed by atoms with Gasteiger partial charge in [-0.25, -0.2) is 0 Å². The smallest absolute Gasteiger partial charge is 0.0866 e. The zero-order valence-electron chi connectivity index (χ0n) is 15.1. The van der Waals surface area contributed by atoms with Crippen LogP contribution in [0, 0.1) is 0 Å². The minimum atomic E-state index is 0.0493. The van der Waals surface area contributed by atoms with Crippen molar-refractivity contribution in [3.05, 3.63) is 54.1 Å². The average molecular weight is 320 g/mol. The van der Waals surface area contributed by atoms with E-state index in [2.05, 4.69) is 74.2 Å². The predicted molar refractivity (Wildman–Crippen MR) is 105 cm³/mol. The highest BCUT2D eigenvalue weighted by Crippen LogP contribution is 2.43. The van der Waals surface area contributed by atoms with Gasteiger partial charge in [0.15, 0.2) is 0 Å². The highest BCUT2D eigenvalue weighted by Gasteiger charge is 2.31. The van der Waals surface area contributed by atoms with Crippen molar-refractivity contribution in [3.63, 3.8) is 0 Å². The van der Waals surface area contributed by atoms with Gasteiger partial charge in [-0.3, -0.25) is 4.99 Å². The Bertz CT molecular complexity index is 666. The van der Waals surface area contributed by atoms with Gasteiger partial charge in [0.1, 0.15) is 0 Å². The first-order chi connectivity index (χ1) is 11.6. The van der Waals surface area contributed by atoms with Crippen LogP contribution in [0.25, 0.3) is 0 Å². The lowest BCUT2D eigenvalue weighted by molar-refractivity contribution is 0.436. The number of hydrogen-bond acceptors (Lipinski definition) is 2. The summed E-state index contributed by atoms with van der Waals surface area (Å²) in [6.45, 7) is 6.99. The summed E-state index contributed by atoms with van der Waals surface area (Å²) in [5, 5.41) is 0. The summed E-state index contributed by atoms with van der Waals surface area (Å²) in [5.74, 6) is 0. The maximum absolute atomic E-state index is 4.73. The number of rotatable bonds is 6. The van der Waals surface area contributed by atoms with Crippen molar-refractivity contribution < 1.29 is 0 Å². The number of hydrogen-bond donors (Lipinski definition) is 0. The standard InChI is InChI=1S/C22H28N2/c1-4-5-6-11-16-22(2,3)24-20-14-9-7-12-18(20)17-23-19-13-8-10-15-21(19)24/h7-10,12-15,17H,4-6,11,16H2,1-3H3. The molecule has 0 fully saturated rings. The Morgan fingerprint density at radius 2 is 1.58 bits per heavy atom. The monoisotopic (exact) mass is 320 g/mol. The summed E-state index contributed by atoms with van der Waals surface area (Å²) >= 11 is 0. The molecule has 0 aliphatic carbocycles. The molecular weight excluding hydrogens is 292 g/mol. The van der Waals surface area contributed by atoms with Crippen molar-refractivity contribution in [2.75, 3.05) is 4.90 Å². The Kier molecular flexibility index (Phi) is 5.03. The lowest BCUT2D eigenvalue weighted by Gasteiger charge is -2.41. The molecule has 0 saturated heterocycles. The third-order valence-corrected chi connectivity index (χ3v) is 4.89. The summed E-state index contributed by atoms with van der Waals surface area (Å²) in [6, 6.07) is 17.1. The lowest BCUT2D eigenvalue weighted by atomic mass is 9.92. The first-order valence-electron chi connectivity index (χ1n) is 9.16. The number of benzene rings is 2. The molecule has 1 aliphatic heterocycles. The normalized spacial score (nSPS) is 13.4. The van der Waals surface area contributed by atoms with Crippen molar-refractivity contribution in [1.82, 2.24) is 0 Å². The van der Waals surface area contributed by atoms with Gasteiger partial charge in [-0.2, -0.15) is 0 Å². The average Bonchev–Trinajstić information content (AvgIpc) is 2.76. The van der Waals surface area contributed by atoms with Crippen molar-refractivity contribution in [1.29, 1.82) is 0 Å². The second kappa shape index (κ2) is 7.21. The van der Waals surface area contributed by atoms with Crippen molar-refractivity contribution in [2.45, 2.75) is 58.4 Å². The van der Waals surface area contributed by atoms with Crippen LogP contribution in [0.4, 0.5) is 17.1 Å². The summed E-state index contributed by atoms with van der Waals surface area (Å²) < 4.78 is 0. The quantitative estimate of drug-likeness (QED) is 0.545. The third-order valence-electron chi connectivity index (χ3n) is 4.89. The molecule has 3 rings (SSSR count). The highest BCUT2D eigenvalue weighted by atomic mass is 15.2. The fraction of sp³-hybridized carbons (Fsp3) is 0.409. The summed E-state index contributed by atoms with van der Waals surface area (Å²) in [6.07, 6.45) is 8.36. The van der Waals surface area contributed by atoms with Crippen LogP contribution < -0.4 is 4.90 Å². The van der Waals surface area contributed by atoms with E-state index >= 15 is 0 Å². The van der Waals surface area contributed by atoms with Crippen LogP contribution in [-0.4, -0.2) is 11.8 Å². The van der Waals surface area contributed by atoms with E-state index in [1.165, 1.54) is 49.0 Å². The number of nitrogens with zero attached hydrogens (tertiary/aromatic N) is 2. The van der Waals surface area contributed by atoms with Gasteiger partial charge in [0.05, 0.1) is 17.1 Å². The van der Waals surface area contributed by atoms with Crippen LogP contribution >= 0.6 is 0 Å². The van der Waals surface area contributed by atoms with Crippen LogP contribution in [0.3, 0.4) is 0 Å². The van der Waals surface area contributed by atoms with Gasteiger partial charge in [0, 0.05) is 17.3 Å². The van der Waals surface area contributed by atoms with Crippen molar-refractivity contribution in [3.8, 4) is 0 Å². The highest BCUT2D eigenvalue weighted by molar-refractivity contribution is 5.96. The number of unbranched alkanes of at least 4 members (excludes halogenated alkanes) is 3. The molecule has 1 heterocycles. The van der Waals surface area contributed by atoms with Gasteiger partial charge in [-0.05, 0) is 38.5 Å². The van der Waals surface area contributed by atoms with Crippen molar-refractivity contribution >= 4 is 23.3 Å². The fourth-order valence-electron chi connectivity index (χ4n) is 3.58. The molecule has 0 saturated carbocycles. The Morgan fingerprint density at radius 1 is 0.875 bits per heavy atom. The number of para-hydroxylation sites is 3. The van der Waals surface area contributed by atoms with Crippen molar-refractivity contribution in [2.24, 2.45) is 4.99 Å². The topological polar surface area (TPSA) is 15.6 Å². The van der Waals surface area contributed by atoms with Gasteiger partial charge in [0.2, 0.25) is 0 Å². The molecule has 0 aromatic heterocycles. The Morgan fingerprint density at radius 3 is 2.38 bits per heavy atom. The van der Waals surface area contributed by atoms with Gasteiger partial charge in [0.25, 0.3) is 0 Å². The van der Waals surface area contributed by atoms with Gasteiger partial charge in [-0.1, -0.05) is 62.9 Å². The van der Waals surface area contributed by atoms with E-state index in [9.17, 15) is 0 Å². The molecule has 0 bridgehead atoms. The Labute approximate surface area is 146 Å². The summed E-state index contributed by atoms with van der Waals surface area (Å²) in [4.78, 5) is 7.23. The van der Waals surface area contributed by atoms with Crippen LogP contribution in [0.1, 0.15) is 58.4 Å². The maximum atomic E-state index is 4.73. The first-order valence-corrected chi connectivity index (χ1v) is 9.16. The molecule has 0 spiro atoms. The number of anilines is 2. The van der Waals surface area contributed by atoms with Crippen LogP contribution in [0.5, 0.6) is 0 Å². The molecule has 2 heteroatoms. The molecule has 0 atom stereocenters. The lowest BCUT2D eigenvalue weighted by Crippen LogP contribution is -2.41. The van der Waals surface area contributed by atoms with E-state index in [-0.39, 0.29) is 5.54 Å². The first kappa shape index (κ1) is 16.8. The Balaban J connectivity index is 2.00. The zero-order valence-corrected chi connectivity index (χ0v) is 15.1. The van der Waals surface area contributed by atoms with Gasteiger partial charge < -0.3 is 4.90 Å². The molecule has 0 amide bonds. The molecule has 0 N–H and O–H groups in total. The second-order valence-corrected chi connectivity index (χ2v) is 7.26. The molecular formula is C22H28N2. The molecule has 2 nitrogen and oxygen atoms in total.